The molecule has 20 heavy (non-hydrogen) atoms. The third kappa shape index (κ3) is 9.64. The number of hydrogen-bond donors (Lipinski definition) is 2. The van der Waals surface area contributed by atoms with E-state index in [0.29, 0.717) is 19.6 Å². The van der Waals surface area contributed by atoms with Gasteiger partial charge < -0.3 is 15.4 Å². The summed E-state index contributed by atoms with van der Waals surface area (Å²) in [7, 11) is 0. The van der Waals surface area contributed by atoms with Crippen LogP contribution >= 0.6 is 12.4 Å². The molecule has 0 bridgehead atoms. The Bertz CT molecular complexity index is 347. The van der Waals surface area contributed by atoms with Gasteiger partial charge >= 0.3 is 0 Å². The molecule has 0 fully saturated rings. The maximum atomic E-state index is 11.5. The van der Waals surface area contributed by atoms with Gasteiger partial charge in [0.2, 0.25) is 5.91 Å². The van der Waals surface area contributed by atoms with Crippen molar-refractivity contribution < 1.29 is 9.53 Å². The summed E-state index contributed by atoms with van der Waals surface area (Å²) in [6.07, 6.45) is 2.37. The number of rotatable bonds is 10. The van der Waals surface area contributed by atoms with E-state index >= 15 is 0 Å². The van der Waals surface area contributed by atoms with E-state index in [-0.39, 0.29) is 18.3 Å². The molecule has 0 atom stereocenters. The van der Waals surface area contributed by atoms with Crippen molar-refractivity contribution in [3.8, 4) is 5.75 Å². The Kier molecular flexibility index (Phi) is 12.0. The first-order valence-electron chi connectivity index (χ1n) is 6.98. The monoisotopic (exact) mass is 300 g/mol. The van der Waals surface area contributed by atoms with Gasteiger partial charge in [-0.1, -0.05) is 25.1 Å². The Morgan fingerprint density at radius 2 is 1.90 bits per heavy atom. The van der Waals surface area contributed by atoms with E-state index in [4.69, 9.17) is 4.74 Å². The molecule has 0 heterocycles. The molecule has 0 spiro atoms. The normalized spacial score (nSPS) is 9.65. The van der Waals surface area contributed by atoms with Gasteiger partial charge in [-0.2, -0.15) is 0 Å². The van der Waals surface area contributed by atoms with Crippen LogP contribution in [0.5, 0.6) is 5.75 Å². The second-order valence-electron chi connectivity index (χ2n) is 4.37. The minimum atomic E-state index is 0. The summed E-state index contributed by atoms with van der Waals surface area (Å²) in [5.41, 5.74) is 0. The Hall–Kier alpha value is -1.26. The lowest BCUT2D eigenvalue weighted by Gasteiger charge is -2.07. The number of halogens is 1. The lowest BCUT2D eigenvalue weighted by Crippen LogP contribution is -2.32. The third-order valence-electron chi connectivity index (χ3n) is 2.61. The fourth-order valence-electron chi connectivity index (χ4n) is 1.62. The van der Waals surface area contributed by atoms with Crippen LogP contribution in [0.2, 0.25) is 0 Å². The molecule has 0 aliphatic rings. The molecule has 5 heteroatoms. The van der Waals surface area contributed by atoms with Crippen LogP contribution in [0.25, 0.3) is 0 Å². The highest BCUT2D eigenvalue weighted by Gasteiger charge is 2.00. The number of ether oxygens (including phenoxy) is 1. The van der Waals surface area contributed by atoms with E-state index in [1.807, 2.05) is 30.3 Å². The highest BCUT2D eigenvalue weighted by Crippen LogP contribution is 2.08. The smallest absolute Gasteiger partial charge is 0.220 e. The second-order valence-corrected chi connectivity index (χ2v) is 4.37. The molecule has 1 aromatic carbocycles. The van der Waals surface area contributed by atoms with E-state index in [9.17, 15) is 4.79 Å². The van der Waals surface area contributed by atoms with E-state index in [2.05, 4.69) is 17.6 Å². The minimum absolute atomic E-state index is 0. The maximum Gasteiger partial charge on any atom is 0.220 e. The van der Waals surface area contributed by atoms with Crippen LogP contribution in [0.15, 0.2) is 30.3 Å². The summed E-state index contributed by atoms with van der Waals surface area (Å²) in [5, 5.41) is 6.12. The first kappa shape index (κ1) is 18.7. The molecule has 1 aromatic rings. The van der Waals surface area contributed by atoms with E-state index in [1.165, 1.54) is 0 Å². The second kappa shape index (κ2) is 12.8. The highest BCUT2D eigenvalue weighted by molar-refractivity contribution is 5.85. The van der Waals surface area contributed by atoms with Crippen molar-refractivity contribution in [3.05, 3.63) is 30.3 Å². The zero-order valence-electron chi connectivity index (χ0n) is 12.1. The minimum Gasteiger partial charge on any atom is -0.494 e. The van der Waals surface area contributed by atoms with Crippen LogP contribution in [0.3, 0.4) is 0 Å². The summed E-state index contributed by atoms with van der Waals surface area (Å²) >= 11 is 0. The van der Waals surface area contributed by atoms with Crippen molar-refractivity contribution >= 4 is 18.3 Å². The molecule has 0 aromatic heterocycles. The van der Waals surface area contributed by atoms with Crippen LogP contribution in [0.1, 0.15) is 26.2 Å². The molecular formula is C15H25ClN2O2. The molecule has 2 N–H and O–H groups in total. The number of amides is 1. The van der Waals surface area contributed by atoms with Gasteiger partial charge in [0, 0.05) is 19.5 Å². The topological polar surface area (TPSA) is 50.4 Å². The van der Waals surface area contributed by atoms with Crippen molar-refractivity contribution in [3.63, 3.8) is 0 Å². The molecule has 4 nitrogen and oxygen atoms in total. The first-order chi connectivity index (χ1) is 9.33. The van der Waals surface area contributed by atoms with E-state index in [0.717, 1.165) is 31.7 Å². The molecule has 114 valence electrons. The average molecular weight is 301 g/mol. The largest absolute Gasteiger partial charge is 0.494 e. The zero-order chi connectivity index (χ0) is 13.8. The van der Waals surface area contributed by atoms with Gasteiger partial charge in [-0.15, -0.1) is 12.4 Å². The average Bonchev–Trinajstić information content (AvgIpc) is 2.44. The number of nitrogens with one attached hydrogen (secondary N) is 2. The molecule has 0 aliphatic heterocycles. The molecule has 1 amide bonds. The lowest BCUT2D eigenvalue weighted by atomic mass is 10.3. The number of hydrogen-bond acceptors (Lipinski definition) is 3. The van der Waals surface area contributed by atoms with Crippen LogP contribution in [-0.4, -0.2) is 32.1 Å². The Labute approximate surface area is 127 Å². The van der Waals surface area contributed by atoms with E-state index in [1.54, 1.807) is 0 Å². The molecule has 0 unspecified atom stereocenters. The molecule has 0 saturated heterocycles. The molecule has 0 aliphatic carbocycles. The molecule has 1 rings (SSSR count). The highest BCUT2D eigenvalue weighted by atomic mass is 35.5. The van der Waals surface area contributed by atoms with Crippen molar-refractivity contribution in [1.82, 2.24) is 10.6 Å². The quantitative estimate of drug-likeness (QED) is 0.652. The molecular weight excluding hydrogens is 276 g/mol. The maximum absolute atomic E-state index is 11.5. The number of carbonyl (C=O) groups is 1. The van der Waals surface area contributed by atoms with Crippen LogP contribution in [-0.2, 0) is 4.79 Å². The fraction of sp³-hybridized carbons (Fsp3) is 0.533. The summed E-state index contributed by atoms with van der Waals surface area (Å²) in [4.78, 5) is 11.5. The van der Waals surface area contributed by atoms with E-state index < -0.39 is 0 Å². The van der Waals surface area contributed by atoms with Crippen molar-refractivity contribution in [2.24, 2.45) is 0 Å². The fourth-order valence-corrected chi connectivity index (χ4v) is 1.62. The molecule has 0 radical (unpaired) electrons. The number of para-hydroxylation sites is 1. The predicted molar refractivity (Wildman–Crippen MR) is 84.6 cm³/mol. The Morgan fingerprint density at radius 3 is 2.60 bits per heavy atom. The van der Waals surface area contributed by atoms with Crippen molar-refractivity contribution in [2.45, 2.75) is 26.2 Å². The standard InChI is InChI=1S/C15H24N2O2.ClH/c1-2-10-16-11-12-17-15(18)9-6-13-19-14-7-4-3-5-8-14;/h3-5,7-8,16H,2,6,9-13H2,1H3,(H,17,18);1H. The number of benzene rings is 1. The summed E-state index contributed by atoms with van der Waals surface area (Å²) < 4.78 is 5.52. The van der Waals surface area contributed by atoms with Gasteiger partial charge in [0.25, 0.3) is 0 Å². The summed E-state index contributed by atoms with van der Waals surface area (Å²) in [6.45, 7) is 5.23. The Balaban J connectivity index is 0.00000361. The van der Waals surface area contributed by atoms with Gasteiger partial charge in [0.15, 0.2) is 0 Å². The van der Waals surface area contributed by atoms with Gasteiger partial charge in [-0.25, -0.2) is 0 Å². The SMILES string of the molecule is CCCNCCNC(=O)CCCOc1ccccc1.Cl. The zero-order valence-corrected chi connectivity index (χ0v) is 12.9. The van der Waals surface area contributed by atoms with Gasteiger partial charge in [0.05, 0.1) is 6.61 Å². The van der Waals surface area contributed by atoms with Crippen molar-refractivity contribution in [1.29, 1.82) is 0 Å². The summed E-state index contributed by atoms with van der Waals surface area (Å²) in [6, 6.07) is 9.66. The summed E-state index contributed by atoms with van der Waals surface area (Å²) in [5.74, 6) is 0.946. The first-order valence-corrected chi connectivity index (χ1v) is 6.98. The van der Waals surface area contributed by atoms with Gasteiger partial charge in [0.1, 0.15) is 5.75 Å². The van der Waals surface area contributed by atoms with Gasteiger partial charge in [-0.05, 0) is 31.5 Å². The van der Waals surface area contributed by atoms with Crippen LogP contribution in [0, 0.1) is 0 Å². The number of carbonyl (C=O) groups excluding carboxylic acids is 1. The van der Waals surface area contributed by atoms with Gasteiger partial charge in [-0.3, -0.25) is 4.79 Å². The van der Waals surface area contributed by atoms with Crippen molar-refractivity contribution in [2.75, 3.05) is 26.2 Å². The Morgan fingerprint density at radius 1 is 1.15 bits per heavy atom. The third-order valence-corrected chi connectivity index (χ3v) is 2.61. The predicted octanol–water partition coefficient (Wildman–Crippen LogP) is 2.38. The van der Waals surface area contributed by atoms with Crippen LogP contribution < -0.4 is 15.4 Å². The lowest BCUT2D eigenvalue weighted by molar-refractivity contribution is -0.121. The van der Waals surface area contributed by atoms with Crippen LogP contribution in [0.4, 0.5) is 0 Å². The molecule has 0 saturated carbocycles.